The van der Waals surface area contributed by atoms with Crippen molar-refractivity contribution in [2.45, 2.75) is 24.9 Å². The SMILES string of the molecule is CNC(CN1CCC(N(C)C)CC1)c1ccccc1F. The van der Waals surface area contributed by atoms with Crippen molar-refractivity contribution in [3.63, 3.8) is 0 Å². The quantitative estimate of drug-likeness (QED) is 0.890. The molecule has 0 radical (unpaired) electrons. The molecule has 1 aliphatic heterocycles. The minimum Gasteiger partial charge on any atom is -0.312 e. The van der Waals surface area contributed by atoms with Gasteiger partial charge in [0.2, 0.25) is 0 Å². The Morgan fingerprint density at radius 3 is 2.50 bits per heavy atom. The molecule has 0 amide bonds. The van der Waals surface area contributed by atoms with Crippen molar-refractivity contribution in [1.29, 1.82) is 0 Å². The molecule has 1 atom stereocenters. The Kier molecular flexibility index (Phi) is 5.52. The molecule has 1 aliphatic rings. The van der Waals surface area contributed by atoms with Crippen molar-refractivity contribution in [2.75, 3.05) is 40.8 Å². The number of piperidine rings is 1. The smallest absolute Gasteiger partial charge is 0.128 e. The van der Waals surface area contributed by atoms with E-state index in [2.05, 4.69) is 29.2 Å². The van der Waals surface area contributed by atoms with Crippen molar-refractivity contribution < 1.29 is 4.39 Å². The van der Waals surface area contributed by atoms with Crippen LogP contribution in [0.3, 0.4) is 0 Å². The number of likely N-dealkylation sites (N-methyl/N-ethyl adjacent to an activating group) is 1. The highest BCUT2D eigenvalue weighted by Crippen LogP contribution is 2.21. The van der Waals surface area contributed by atoms with Gasteiger partial charge in [-0.2, -0.15) is 0 Å². The van der Waals surface area contributed by atoms with Gasteiger partial charge < -0.3 is 15.1 Å². The Balaban J connectivity index is 1.93. The first kappa shape index (κ1) is 15.4. The van der Waals surface area contributed by atoms with Crippen molar-refractivity contribution in [1.82, 2.24) is 15.1 Å². The van der Waals surface area contributed by atoms with E-state index in [1.807, 2.05) is 19.2 Å². The van der Waals surface area contributed by atoms with Crippen LogP contribution in [0.25, 0.3) is 0 Å². The molecule has 4 heteroatoms. The van der Waals surface area contributed by atoms with E-state index in [0.717, 1.165) is 25.2 Å². The molecule has 0 bridgehead atoms. The maximum absolute atomic E-state index is 13.9. The average molecular weight is 279 g/mol. The first-order valence-corrected chi connectivity index (χ1v) is 7.42. The second-order valence-electron chi connectivity index (χ2n) is 5.86. The lowest BCUT2D eigenvalue weighted by Crippen LogP contribution is -2.44. The molecule has 1 aromatic carbocycles. The van der Waals surface area contributed by atoms with Gasteiger partial charge in [-0.15, -0.1) is 0 Å². The molecule has 0 aromatic heterocycles. The number of nitrogens with one attached hydrogen (secondary N) is 1. The Hall–Kier alpha value is -0.970. The van der Waals surface area contributed by atoms with Gasteiger partial charge in [-0.05, 0) is 53.1 Å². The summed E-state index contributed by atoms with van der Waals surface area (Å²) in [5.74, 6) is -0.116. The third kappa shape index (κ3) is 3.78. The van der Waals surface area contributed by atoms with E-state index < -0.39 is 0 Å². The second kappa shape index (κ2) is 7.16. The summed E-state index contributed by atoms with van der Waals surface area (Å²) in [6.45, 7) is 3.06. The van der Waals surface area contributed by atoms with Gasteiger partial charge in [0.25, 0.3) is 0 Å². The molecule has 0 saturated carbocycles. The Bertz CT molecular complexity index is 414. The molecule has 0 aliphatic carbocycles. The van der Waals surface area contributed by atoms with Crippen molar-refractivity contribution in [2.24, 2.45) is 0 Å². The minimum atomic E-state index is -0.116. The number of hydrogen-bond donors (Lipinski definition) is 1. The molecule has 2 rings (SSSR count). The maximum Gasteiger partial charge on any atom is 0.128 e. The van der Waals surface area contributed by atoms with Gasteiger partial charge in [0.05, 0.1) is 0 Å². The summed E-state index contributed by atoms with van der Waals surface area (Å²) >= 11 is 0. The molecule has 1 heterocycles. The molecule has 1 N–H and O–H groups in total. The predicted octanol–water partition coefficient (Wildman–Crippen LogP) is 2.11. The normalized spacial score (nSPS) is 19.4. The minimum absolute atomic E-state index is 0.0621. The first-order valence-electron chi connectivity index (χ1n) is 7.42. The van der Waals surface area contributed by atoms with E-state index in [9.17, 15) is 4.39 Å². The molecule has 1 saturated heterocycles. The third-order valence-electron chi connectivity index (χ3n) is 4.36. The van der Waals surface area contributed by atoms with Gasteiger partial charge in [0.15, 0.2) is 0 Å². The molecule has 0 spiro atoms. The van der Waals surface area contributed by atoms with E-state index in [0.29, 0.717) is 6.04 Å². The predicted molar refractivity (Wildman–Crippen MR) is 81.3 cm³/mol. The largest absolute Gasteiger partial charge is 0.312 e. The fourth-order valence-corrected chi connectivity index (χ4v) is 2.98. The van der Waals surface area contributed by atoms with Gasteiger partial charge in [-0.25, -0.2) is 4.39 Å². The lowest BCUT2D eigenvalue weighted by Gasteiger charge is -2.36. The van der Waals surface area contributed by atoms with Gasteiger partial charge in [-0.1, -0.05) is 18.2 Å². The molecule has 1 fully saturated rings. The number of nitrogens with zero attached hydrogens (tertiary/aromatic N) is 2. The summed E-state index contributed by atoms with van der Waals surface area (Å²) in [6.07, 6.45) is 2.39. The highest BCUT2D eigenvalue weighted by Gasteiger charge is 2.23. The van der Waals surface area contributed by atoms with E-state index in [4.69, 9.17) is 0 Å². The second-order valence-corrected chi connectivity index (χ2v) is 5.86. The first-order chi connectivity index (χ1) is 9.61. The molecular weight excluding hydrogens is 253 g/mol. The van der Waals surface area contributed by atoms with Gasteiger partial charge in [-0.3, -0.25) is 0 Å². The molecule has 20 heavy (non-hydrogen) atoms. The van der Waals surface area contributed by atoms with Crippen molar-refractivity contribution in [3.8, 4) is 0 Å². The van der Waals surface area contributed by atoms with Crippen LogP contribution in [-0.4, -0.2) is 56.6 Å². The van der Waals surface area contributed by atoms with Crippen LogP contribution >= 0.6 is 0 Å². The third-order valence-corrected chi connectivity index (χ3v) is 4.36. The molecule has 3 nitrogen and oxygen atoms in total. The topological polar surface area (TPSA) is 18.5 Å². The lowest BCUT2D eigenvalue weighted by atomic mass is 10.0. The van der Waals surface area contributed by atoms with Crippen LogP contribution in [0.5, 0.6) is 0 Å². The zero-order valence-corrected chi connectivity index (χ0v) is 12.8. The van der Waals surface area contributed by atoms with E-state index >= 15 is 0 Å². The number of hydrogen-bond acceptors (Lipinski definition) is 3. The van der Waals surface area contributed by atoms with Crippen LogP contribution in [0.15, 0.2) is 24.3 Å². The van der Waals surface area contributed by atoms with Crippen LogP contribution in [-0.2, 0) is 0 Å². The fourth-order valence-electron chi connectivity index (χ4n) is 2.98. The lowest BCUT2D eigenvalue weighted by molar-refractivity contribution is 0.136. The van der Waals surface area contributed by atoms with E-state index in [1.54, 1.807) is 6.07 Å². The fraction of sp³-hybridized carbons (Fsp3) is 0.625. The van der Waals surface area contributed by atoms with Crippen molar-refractivity contribution in [3.05, 3.63) is 35.6 Å². The summed E-state index contributed by atoms with van der Waals surface area (Å²) in [7, 11) is 6.20. The van der Waals surface area contributed by atoms with Gasteiger partial charge >= 0.3 is 0 Å². The average Bonchev–Trinajstić information content (AvgIpc) is 2.46. The maximum atomic E-state index is 13.9. The summed E-state index contributed by atoms with van der Waals surface area (Å²) in [4.78, 5) is 4.75. The summed E-state index contributed by atoms with van der Waals surface area (Å²) in [5.41, 5.74) is 0.768. The van der Waals surface area contributed by atoms with Gasteiger partial charge in [0, 0.05) is 24.2 Å². The highest BCUT2D eigenvalue weighted by molar-refractivity contribution is 5.21. The van der Waals surface area contributed by atoms with Crippen LogP contribution in [0.2, 0.25) is 0 Å². The summed E-state index contributed by atoms with van der Waals surface area (Å²) in [6, 6.07) is 7.82. The Morgan fingerprint density at radius 2 is 1.95 bits per heavy atom. The zero-order valence-electron chi connectivity index (χ0n) is 12.8. The number of benzene rings is 1. The van der Waals surface area contributed by atoms with Crippen LogP contribution in [0, 0.1) is 5.82 Å². The standard InChI is InChI=1S/C16H26FN3/c1-18-16(14-6-4-5-7-15(14)17)12-20-10-8-13(9-11-20)19(2)3/h4-7,13,16,18H,8-12H2,1-3H3. The van der Waals surface area contributed by atoms with E-state index in [1.165, 1.54) is 18.9 Å². The molecule has 1 aromatic rings. The van der Waals surface area contributed by atoms with Crippen LogP contribution < -0.4 is 5.32 Å². The Morgan fingerprint density at radius 1 is 1.30 bits per heavy atom. The molecule has 112 valence electrons. The monoisotopic (exact) mass is 279 g/mol. The number of rotatable bonds is 5. The number of halogens is 1. The van der Waals surface area contributed by atoms with E-state index in [-0.39, 0.29) is 11.9 Å². The van der Waals surface area contributed by atoms with Gasteiger partial charge in [0.1, 0.15) is 5.82 Å². The van der Waals surface area contributed by atoms with Crippen LogP contribution in [0.4, 0.5) is 4.39 Å². The summed E-state index contributed by atoms with van der Waals surface area (Å²) < 4.78 is 13.9. The van der Waals surface area contributed by atoms with Crippen molar-refractivity contribution >= 4 is 0 Å². The number of likely N-dealkylation sites (tertiary alicyclic amines) is 1. The molecular formula is C16H26FN3. The highest BCUT2D eigenvalue weighted by atomic mass is 19.1. The van der Waals surface area contributed by atoms with Crippen LogP contribution in [0.1, 0.15) is 24.4 Å². The zero-order chi connectivity index (χ0) is 14.5. The Labute approximate surface area is 121 Å². The molecule has 1 unspecified atom stereocenters. The summed E-state index contributed by atoms with van der Waals surface area (Å²) in [5, 5.41) is 3.25.